The van der Waals surface area contributed by atoms with Gasteiger partial charge in [0.05, 0.1) is 24.7 Å². The molecule has 34 heavy (non-hydrogen) atoms. The predicted octanol–water partition coefficient (Wildman–Crippen LogP) is 3.72. The Kier molecular flexibility index (Phi) is 5.85. The van der Waals surface area contributed by atoms with Gasteiger partial charge in [0, 0.05) is 48.7 Å². The predicted molar refractivity (Wildman–Crippen MR) is 130 cm³/mol. The third-order valence-corrected chi connectivity index (χ3v) is 5.99. The number of aromatic nitrogens is 3. The average molecular weight is 459 g/mol. The van der Waals surface area contributed by atoms with Crippen LogP contribution in [0, 0.1) is 5.92 Å². The van der Waals surface area contributed by atoms with Crippen LogP contribution >= 0.6 is 0 Å². The SMILES string of the molecule is COc1ccc(-c2coc3ccc(C(=O)Nc4cnccc4N4CC(C)CC(N)C4)nc23)cn1. The molecule has 5 rings (SSSR count). The maximum atomic E-state index is 13.2. The van der Waals surface area contributed by atoms with Crippen LogP contribution in [0.4, 0.5) is 11.4 Å². The molecule has 3 N–H and O–H groups in total. The van der Waals surface area contributed by atoms with Crippen molar-refractivity contribution >= 4 is 28.4 Å². The van der Waals surface area contributed by atoms with Gasteiger partial charge >= 0.3 is 0 Å². The molecule has 1 aliphatic heterocycles. The van der Waals surface area contributed by atoms with Crippen LogP contribution < -0.4 is 20.7 Å². The van der Waals surface area contributed by atoms with Gasteiger partial charge < -0.3 is 25.1 Å². The first-order valence-corrected chi connectivity index (χ1v) is 11.2. The third kappa shape index (κ3) is 4.29. The molecule has 2 unspecified atom stereocenters. The largest absolute Gasteiger partial charge is 0.481 e. The molecule has 0 radical (unpaired) electrons. The Balaban J connectivity index is 1.42. The lowest BCUT2D eigenvalue weighted by Crippen LogP contribution is -2.46. The lowest BCUT2D eigenvalue weighted by atomic mass is 9.96. The smallest absolute Gasteiger partial charge is 0.274 e. The Morgan fingerprint density at radius 2 is 2.09 bits per heavy atom. The van der Waals surface area contributed by atoms with Crippen LogP contribution in [0.2, 0.25) is 0 Å². The summed E-state index contributed by atoms with van der Waals surface area (Å²) in [5, 5.41) is 2.98. The minimum absolute atomic E-state index is 0.0940. The molecule has 0 saturated carbocycles. The van der Waals surface area contributed by atoms with Crippen molar-refractivity contribution in [2.75, 3.05) is 30.4 Å². The molecule has 9 nitrogen and oxygen atoms in total. The molecule has 1 aliphatic rings. The molecule has 4 aromatic rings. The van der Waals surface area contributed by atoms with E-state index in [2.05, 4.69) is 32.1 Å². The summed E-state index contributed by atoms with van der Waals surface area (Å²) in [6, 6.07) is 9.02. The zero-order valence-corrected chi connectivity index (χ0v) is 19.1. The molecule has 1 fully saturated rings. The second-order valence-corrected chi connectivity index (χ2v) is 8.63. The van der Waals surface area contributed by atoms with Crippen molar-refractivity contribution in [3.63, 3.8) is 0 Å². The molecular weight excluding hydrogens is 432 g/mol. The van der Waals surface area contributed by atoms with Gasteiger partial charge in [0.1, 0.15) is 17.5 Å². The molecule has 1 saturated heterocycles. The highest BCUT2D eigenvalue weighted by molar-refractivity contribution is 6.06. The summed E-state index contributed by atoms with van der Waals surface area (Å²) in [4.78, 5) is 28.4. The number of anilines is 2. The maximum Gasteiger partial charge on any atom is 0.274 e. The Hall–Kier alpha value is -3.98. The van der Waals surface area contributed by atoms with E-state index in [-0.39, 0.29) is 17.6 Å². The number of methoxy groups -OCH3 is 1. The van der Waals surface area contributed by atoms with Gasteiger partial charge in [-0.2, -0.15) is 0 Å². The van der Waals surface area contributed by atoms with Gasteiger partial charge in [-0.3, -0.25) is 9.78 Å². The molecule has 1 amide bonds. The van der Waals surface area contributed by atoms with Gasteiger partial charge in [-0.25, -0.2) is 9.97 Å². The Morgan fingerprint density at radius 3 is 2.85 bits per heavy atom. The van der Waals surface area contributed by atoms with E-state index in [0.717, 1.165) is 36.3 Å². The number of carbonyl (C=O) groups excluding carboxylic acids is 1. The maximum absolute atomic E-state index is 13.2. The van der Waals surface area contributed by atoms with Gasteiger partial charge in [-0.05, 0) is 36.6 Å². The number of rotatable bonds is 5. The fourth-order valence-corrected chi connectivity index (χ4v) is 4.45. The highest BCUT2D eigenvalue weighted by Crippen LogP contribution is 2.31. The summed E-state index contributed by atoms with van der Waals surface area (Å²) in [6.07, 6.45) is 7.67. The van der Waals surface area contributed by atoms with Crippen molar-refractivity contribution in [2.45, 2.75) is 19.4 Å². The van der Waals surface area contributed by atoms with Gasteiger partial charge in [-0.15, -0.1) is 0 Å². The van der Waals surface area contributed by atoms with Crippen molar-refractivity contribution in [3.8, 4) is 17.0 Å². The van der Waals surface area contributed by atoms with Gasteiger partial charge in [0.15, 0.2) is 5.58 Å². The second-order valence-electron chi connectivity index (χ2n) is 8.63. The van der Waals surface area contributed by atoms with E-state index in [0.29, 0.717) is 28.6 Å². The zero-order chi connectivity index (χ0) is 23.7. The minimum atomic E-state index is -0.328. The quantitative estimate of drug-likeness (QED) is 0.464. The Morgan fingerprint density at radius 1 is 1.21 bits per heavy atom. The molecule has 174 valence electrons. The van der Waals surface area contributed by atoms with Crippen LogP contribution in [0.3, 0.4) is 0 Å². The first kappa shape index (κ1) is 21.8. The monoisotopic (exact) mass is 458 g/mol. The van der Waals surface area contributed by atoms with Gasteiger partial charge in [-0.1, -0.05) is 6.92 Å². The van der Waals surface area contributed by atoms with Crippen molar-refractivity contribution in [3.05, 3.63) is 60.9 Å². The number of hydrogen-bond acceptors (Lipinski definition) is 8. The number of nitrogens with two attached hydrogens (primary N) is 1. The third-order valence-electron chi connectivity index (χ3n) is 5.99. The molecular formula is C25H26N6O3. The normalized spacial score (nSPS) is 18.1. The van der Waals surface area contributed by atoms with E-state index in [1.54, 1.807) is 50.2 Å². The van der Waals surface area contributed by atoms with E-state index in [9.17, 15) is 4.79 Å². The molecule has 2 atom stereocenters. The van der Waals surface area contributed by atoms with Crippen molar-refractivity contribution in [2.24, 2.45) is 11.7 Å². The summed E-state index contributed by atoms with van der Waals surface area (Å²) < 4.78 is 10.8. The number of pyridine rings is 3. The standard InChI is InChI=1S/C25H26N6O3/c1-15-9-17(26)13-31(12-15)21-7-8-27-11-20(21)30-25(32)19-4-5-22-24(29-19)18(14-34-22)16-3-6-23(33-2)28-10-16/h3-8,10-11,14-15,17H,9,12-13,26H2,1-2H3,(H,30,32). The van der Waals surface area contributed by atoms with Crippen molar-refractivity contribution in [1.29, 1.82) is 0 Å². The van der Waals surface area contributed by atoms with E-state index in [1.165, 1.54) is 0 Å². The number of amides is 1. The van der Waals surface area contributed by atoms with E-state index in [1.807, 2.05) is 12.1 Å². The van der Waals surface area contributed by atoms with E-state index in [4.69, 9.17) is 14.9 Å². The number of furan rings is 1. The van der Waals surface area contributed by atoms with Gasteiger partial charge in [0.2, 0.25) is 5.88 Å². The fourth-order valence-electron chi connectivity index (χ4n) is 4.45. The topological polar surface area (TPSA) is 119 Å². The summed E-state index contributed by atoms with van der Waals surface area (Å²) in [5.41, 5.74) is 10.8. The molecule has 5 heterocycles. The van der Waals surface area contributed by atoms with Crippen LogP contribution in [-0.4, -0.2) is 47.1 Å². The average Bonchev–Trinajstić information content (AvgIpc) is 3.27. The summed E-state index contributed by atoms with van der Waals surface area (Å²) in [5.74, 6) is 0.655. The molecule has 4 aromatic heterocycles. The van der Waals surface area contributed by atoms with E-state index >= 15 is 0 Å². The molecule has 0 aromatic carbocycles. The number of ether oxygens (including phenoxy) is 1. The lowest BCUT2D eigenvalue weighted by Gasteiger charge is -2.37. The lowest BCUT2D eigenvalue weighted by molar-refractivity contribution is 0.102. The van der Waals surface area contributed by atoms with Crippen LogP contribution in [0.5, 0.6) is 5.88 Å². The van der Waals surface area contributed by atoms with Gasteiger partial charge in [0.25, 0.3) is 5.91 Å². The van der Waals surface area contributed by atoms with Crippen LogP contribution in [0.15, 0.2) is 59.6 Å². The Labute approximate surface area is 197 Å². The zero-order valence-electron chi connectivity index (χ0n) is 19.1. The Bertz CT molecular complexity index is 1310. The first-order chi connectivity index (χ1) is 16.5. The number of nitrogens with zero attached hydrogens (tertiary/aromatic N) is 4. The highest BCUT2D eigenvalue weighted by atomic mass is 16.5. The van der Waals surface area contributed by atoms with Crippen molar-refractivity contribution < 1.29 is 13.9 Å². The molecule has 0 bridgehead atoms. The fraction of sp³-hybridized carbons (Fsp3) is 0.280. The summed E-state index contributed by atoms with van der Waals surface area (Å²) in [7, 11) is 1.57. The van der Waals surface area contributed by atoms with Crippen LogP contribution in [-0.2, 0) is 0 Å². The molecule has 0 spiro atoms. The number of hydrogen-bond donors (Lipinski definition) is 2. The number of carbonyl (C=O) groups is 1. The summed E-state index contributed by atoms with van der Waals surface area (Å²) >= 11 is 0. The minimum Gasteiger partial charge on any atom is -0.481 e. The van der Waals surface area contributed by atoms with Crippen LogP contribution in [0.25, 0.3) is 22.2 Å². The molecule has 0 aliphatic carbocycles. The number of nitrogens with one attached hydrogen (secondary N) is 1. The van der Waals surface area contributed by atoms with E-state index < -0.39 is 0 Å². The number of piperidine rings is 1. The van der Waals surface area contributed by atoms with Crippen LogP contribution in [0.1, 0.15) is 23.8 Å². The number of fused-ring (bicyclic) bond motifs is 1. The molecule has 9 heteroatoms. The first-order valence-electron chi connectivity index (χ1n) is 11.2. The second kappa shape index (κ2) is 9.11. The summed E-state index contributed by atoms with van der Waals surface area (Å²) in [6.45, 7) is 3.79. The highest BCUT2D eigenvalue weighted by Gasteiger charge is 2.25. The van der Waals surface area contributed by atoms with Crippen molar-refractivity contribution in [1.82, 2.24) is 15.0 Å².